The van der Waals surface area contributed by atoms with Crippen LogP contribution in [0.4, 0.5) is 5.82 Å². The van der Waals surface area contributed by atoms with E-state index in [0.717, 1.165) is 5.56 Å². The predicted octanol–water partition coefficient (Wildman–Crippen LogP) is 0.871. The van der Waals surface area contributed by atoms with E-state index in [9.17, 15) is 4.79 Å². The molecule has 0 aromatic carbocycles. The standard InChI is InChI=1S/C12H13N5O/c1-2-15-12(18)9-7-16-11(17-10(9)13)8-4-3-5-14-6-8/h3-7H,2H2,1H3,(H,15,18)(H2,13,16,17). The molecule has 0 bridgehead atoms. The van der Waals surface area contributed by atoms with Crippen LogP contribution >= 0.6 is 0 Å². The van der Waals surface area contributed by atoms with Crippen LogP contribution < -0.4 is 11.1 Å². The number of hydrogen-bond donors (Lipinski definition) is 2. The van der Waals surface area contributed by atoms with Crippen molar-refractivity contribution in [1.29, 1.82) is 0 Å². The summed E-state index contributed by atoms with van der Waals surface area (Å²) in [5.41, 5.74) is 6.80. The highest BCUT2D eigenvalue weighted by Gasteiger charge is 2.12. The Morgan fingerprint density at radius 3 is 2.89 bits per heavy atom. The van der Waals surface area contributed by atoms with Gasteiger partial charge in [0.25, 0.3) is 5.91 Å². The van der Waals surface area contributed by atoms with Crippen LogP contribution in [-0.4, -0.2) is 27.4 Å². The van der Waals surface area contributed by atoms with Crippen LogP contribution in [0.3, 0.4) is 0 Å². The molecule has 2 rings (SSSR count). The van der Waals surface area contributed by atoms with Crippen LogP contribution in [0.5, 0.6) is 0 Å². The van der Waals surface area contributed by atoms with E-state index in [0.29, 0.717) is 12.4 Å². The average molecular weight is 243 g/mol. The third-order valence-corrected chi connectivity index (χ3v) is 2.32. The topological polar surface area (TPSA) is 93.8 Å². The molecule has 18 heavy (non-hydrogen) atoms. The normalized spacial score (nSPS) is 10.1. The molecule has 92 valence electrons. The van der Waals surface area contributed by atoms with Gasteiger partial charge in [-0.1, -0.05) is 0 Å². The maximum absolute atomic E-state index is 11.6. The van der Waals surface area contributed by atoms with E-state index in [1.54, 1.807) is 18.5 Å². The summed E-state index contributed by atoms with van der Waals surface area (Å²) in [4.78, 5) is 23.8. The second-order valence-electron chi connectivity index (χ2n) is 3.59. The van der Waals surface area contributed by atoms with Crippen molar-refractivity contribution in [2.24, 2.45) is 0 Å². The second kappa shape index (κ2) is 5.22. The summed E-state index contributed by atoms with van der Waals surface area (Å²) >= 11 is 0. The smallest absolute Gasteiger partial charge is 0.256 e. The summed E-state index contributed by atoms with van der Waals surface area (Å²) in [6, 6.07) is 3.61. The van der Waals surface area contributed by atoms with Gasteiger partial charge in [-0.25, -0.2) is 9.97 Å². The van der Waals surface area contributed by atoms with E-state index in [1.165, 1.54) is 6.20 Å². The number of carbonyl (C=O) groups excluding carboxylic acids is 1. The number of aromatic nitrogens is 3. The summed E-state index contributed by atoms with van der Waals surface area (Å²) in [6.45, 7) is 2.36. The Bertz CT molecular complexity index is 556. The first-order chi connectivity index (χ1) is 8.72. The number of amides is 1. The second-order valence-corrected chi connectivity index (χ2v) is 3.59. The number of anilines is 1. The Kier molecular flexibility index (Phi) is 3.47. The van der Waals surface area contributed by atoms with Gasteiger partial charge in [0.1, 0.15) is 5.82 Å². The fraction of sp³-hybridized carbons (Fsp3) is 0.167. The molecule has 2 aromatic rings. The van der Waals surface area contributed by atoms with Crippen molar-refractivity contribution in [3.8, 4) is 11.4 Å². The lowest BCUT2D eigenvalue weighted by molar-refractivity contribution is 0.0956. The number of carbonyl (C=O) groups is 1. The molecule has 0 aliphatic heterocycles. The van der Waals surface area contributed by atoms with Gasteiger partial charge in [0.05, 0.1) is 5.56 Å². The number of pyridine rings is 1. The molecule has 0 aliphatic rings. The highest BCUT2D eigenvalue weighted by molar-refractivity contribution is 5.98. The largest absolute Gasteiger partial charge is 0.383 e. The molecule has 0 atom stereocenters. The fourth-order valence-electron chi connectivity index (χ4n) is 1.46. The number of nitrogens with zero attached hydrogens (tertiary/aromatic N) is 3. The summed E-state index contributed by atoms with van der Waals surface area (Å²) in [6.07, 6.45) is 4.73. The fourth-order valence-corrected chi connectivity index (χ4v) is 1.46. The van der Waals surface area contributed by atoms with Gasteiger partial charge in [-0.15, -0.1) is 0 Å². The van der Waals surface area contributed by atoms with Crippen molar-refractivity contribution in [3.63, 3.8) is 0 Å². The molecule has 2 heterocycles. The number of nitrogens with two attached hydrogens (primary N) is 1. The Morgan fingerprint density at radius 2 is 2.28 bits per heavy atom. The third-order valence-electron chi connectivity index (χ3n) is 2.32. The van der Waals surface area contributed by atoms with Crippen molar-refractivity contribution >= 4 is 11.7 Å². The van der Waals surface area contributed by atoms with Gasteiger partial charge < -0.3 is 11.1 Å². The molecule has 3 N–H and O–H groups in total. The molecular formula is C12H13N5O. The van der Waals surface area contributed by atoms with Crippen LogP contribution in [0.1, 0.15) is 17.3 Å². The summed E-state index contributed by atoms with van der Waals surface area (Å²) in [5.74, 6) is 0.344. The van der Waals surface area contributed by atoms with E-state index in [4.69, 9.17) is 5.73 Å². The van der Waals surface area contributed by atoms with Gasteiger partial charge in [-0.2, -0.15) is 0 Å². The Balaban J connectivity index is 2.34. The first-order valence-corrected chi connectivity index (χ1v) is 5.53. The molecule has 2 aromatic heterocycles. The first kappa shape index (κ1) is 12.0. The quantitative estimate of drug-likeness (QED) is 0.834. The predicted molar refractivity (Wildman–Crippen MR) is 67.7 cm³/mol. The van der Waals surface area contributed by atoms with E-state index < -0.39 is 0 Å². The van der Waals surface area contributed by atoms with Crippen molar-refractivity contribution in [3.05, 3.63) is 36.3 Å². The lowest BCUT2D eigenvalue weighted by Gasteiger charge is -2.06. The lowest BCUT2D eigenvalue weighted by Crippen LogP contribution is -2.24. The Labute approximate surface area is 104 Å². The molecule has 0 spiro atoms. The van der Waals surface area contributed by atoms with Gasteiger partial charge >= 0.3 is 0 Å². The van der Waals surface area contributed by atoms with Gasteiger partial charge in [0.2, 0.25) is 0 Å². The van der Waals surface area contributed by atoms with Crippen LogP contribution in [-0.2, 0) is 0 Å². The molecule has 0 aliphatic carbocycles. The highest BCUT2D eigenvalue weighted by Crippen LogP contribution is 2.16. The molecule has 1 amide bonds. The zero-order chi connectivity index (χ0) is 13.0. The molecule has 0 unspecified atom stereocenters. The lowest BCUT2D eigenvalue weighted by atomic mass is 10.2. The molecule has 6 nitrogen and oxygen atoms in total. The van der Waals surface area contributed by atoms with Crippen molar-refractivity contribution < 1.29 is 4.79 Å². The van der Waals surface area contributed by atoms with E-state index >= 15 is 0 Å². The van der Waals surface area contributed by atoms with Crippen LogP contribution in [0.25, 0.3) is 11.4 Å². The monoisotopic (exact) mass is 243 g/mol. The van der Waals surface area contributed by atoms with Crippen LogP contribution in [0, 0.1) is 0 Å². The van der Waals surface area contributed by atoms with Crippen molar-refractivity contribution in [2.75, 3.05) is 12.3 Å². The average Bonchev–Trinajstić information content (AvgIpc) is 2.40. The van der Waals surface area contributed by atoms with Crippen LogP contribution in [0.15, 0.2) is 30.7 Å². The van der Waals surface area contributed by atoms with E-state index in [2.05, 4.69) is 20.3 Å². The van der Waals surface area contributed by atoms with Gasteiger partial charge in [-0.05, 0) is 19.1 Å². The van der Waals surface area contributed by atoms with Crippen LogP contribution in [0.2, 0.25) is 0 Å². The van der Waals surface area contributed by atoms with Gasteiger partial charge in [0.15, 0.2) is 5.82 Å². The first-order valence-electron chi connectivity index (χ1n) is 5.53. The van der Waals surface area contributed by atoms with Gasteiger partial charge in [-0.3, -0.25) is 9.78 Å². The number of hydrogen-bond acceptors (Lipinski definition) is 5. The third kappa shape index (κ3) is 2.42. The SMILES string of the molecule is CCNC(=O)c1cnc(-c2cccnc2)nc1N. The molecule has 0 saturated heterocycles. The zero-order valence-corrected chi connectivity index (χ0v) is 9.92. The molecule has 0 radical (unpaired) electrons. The zero-order valence-electron chi connectivity index (χ0n) is 9.92. The number of rotatable bonds is 3. The molecule has 0 saturated carbocycles. The minimum Gasteiger partial charge on any atom is -0.383 e. The van der Waals surface area contributed by atoms with Crippen molar-refractivity contribution in [2.45, 2.75) is 6.92 Å². The minimum absolute atomic E-state index is 0.162. The highest BCUT2D eigenvalue weighted by atomic mass is 16.1. The Hall–Kier alpha value is -2.50. The van der Waals surface area contributed by atoms with Gasteiger partial charge in [0, 0.05) is 30.7 Å². The molecular weight excluding hydrogens is 230 g/mol. The number of nitrogens with one attached hydrogen (secondary N) is 1. The summed E-state index contributed by atoms with van der Waals surface area (Å²) < 4.78 is 0. The van der Waals surface area contributed by atoms with Crippen molar-refractivity contribution in [1.82, 2.24) is 20.3 Å². The molecule has 0 fully saturated rings. The maximum Gasteiger partial charge on any atom is 0.256 e. The van der Waals surface area contributed by atoms with E-state index in [-0.39, 0.29) is 17.3 Å². The Morgan fingerprint density at radius 1 is 1.44 bits per heavy atom. The van der Waals surface area contributed by atoms with E-state index in [1.807, 2.05) is 13.0 Å². The number of nitrogen functional groups attached to an aromatic ring is 1. The minimum atomic E-state index is -0.271. The maximum atomic E-state index is 11.6. The molecule has 6 heteroatoms. The summed E-state index contributed by atoms with van der Waals surface area (Å²) in [5, 5.41) is 2.65. The summed E-state index contributed by atoms with van der Waals surface area (Å²) in [7, 11) is 0.